The first kappa shape index (κ1) is 37.3. The number of amides is 1. The fourth-order valence-electron chi connectivity index (χ4n) is 6.84. The van der Waals surface area contributed by atoms with E-state index in [0.29, 0.717) is 38.0 Å². The molecule has 0 saturated carbocycles. The third-order valence-electron chi connectivity index (χ3n) is 9.30. The zero-order chi connectivity index (χ0) is 35.4. The summed E-state index contributed by atoms with van der Waals surface area (Å²) in [5.41, 5.74) is 0.174. The maximum Gasteiger partial charge on any atom is 0.407 e. The molecule has 2 fully saturated rings. The topological polar surface area (TPSA) is 181 Å². The molecule has 3 N–H and O–H groups in total. The van der Waals surface area contributed by atoms with E-state index in [9.17, 15) is 31.8 Å². The van der Waals surface area contributed by atoms with Crippen LogP contribution in [0.15, 0.2) is 53.4 Å². The summed E-state index contributed by atoms with van der Waals surface area (Å²) < 4.78 is 77.7. The maximum atomic E-state index is 14.4. The van der Waals surface area contributed by atoms with E-state index in [-0.39, 0.29) is 49.5 Å². The van der Waals surface area contributed by atoms with Crippen molar-refractivity contribution in [1.29, 1.82) is 0 Å². The van der Waals surface area contributed by atoms with Crippen LogP contribution < -0.4 is 14.2 Å². The minimum Gasteiger partial charge on any atom is -0.465 e. The second kappa shape index (κ2) is 15.5. The molecule has 5 atom stereocenters. The molecule has 16 heteroatoms. The van der Waals surface area contributed by atoms with Crippen LogP contribution in [0.5, 0.6) is 11.5 Å². The molecule has 3 aliphatic heterocycles. The number of fused-ring (bicyclic) bond motifs is 2. The minimum atomic E-state index is -4.26. The number of nitrogens with zero attached hydrogens (tertiary/aromatic N) is 2. The van der Waals surface area contributed by atoms with Gasteiger partial charge < -0.3 is 29.2 Å². The van der Waals surface area contributed by atoms with Crippen molar-refractivity contribution >= 4 is 26.1 Å². The maximum absolute atomic E-state index is 14.4. The number of hydrogen-bond donors (Lipinski definition) is 3. The lowest BCUT2D eigenvalue weighted by Crippen LogP contribution is -2.58. The summed E-state index contributed by atoms with van der Waals surface area (Å²) in [6.45, 7) is 4.18. The van der Waals surface area contributed by atoms with E-state index in [1.165, 1.54) is 27.4 Å². The molecule has 3 aliphatic rings. The quantitative estimate of drug-likeness (QED) is 0.204. The first-order valence-electron chi connectivity index (χ1n) is 16.5. The zero-order valence-electron chi connectivity index (χ0n) is 28.1. The number of ether oxygens (including phenoxy) is 4. The predicted octanol–water partition coefficient (Wildman–Crippen LogP) is 2.87. The van der Waals surface area contributed by atoms with E-state index in [1.54, 1.807) is 0 Å². The van der Waals surface area contributed by atoms with Gasteiger partial charge in [-0.05, 0) is 48.8 Å². The number of aliphatic hydroxyl groups excluding tert-OH is 1. The van der Waals surface area contributed by atoms with Gasteiger partial charge in [0, 0.05) is 31.6 Å². The largest absolute Gasteiger partial charge is 0.465 e. The van der Waals surface area contributed by atoms with Gasteiger partial charge in [-0.2, -0.15) is 4.31 Å². The van der Waals surface area contributed by atoms with Gasteiger partial charge in [0.25, 0.3) is 0 Å². The molecule has 272 valence electrons. The molecular formula is C33H47N3O11S2. The molecule has 0 spiro atoms. The summed E-state index contributed by atoms with van der Waals surface area (Å²) >= 11 is 0. The Labute approximate surface area is 288 Å². The SMILES string of the molecule is CC(C)(CCCCNS(C)(=O)=O)CN(C[C@@H](O)[C@H](Cc1ccccc1)N(C(=O)O)[C@@H]1CO[C@@H]2OCC[C@@H]21)S(=O)(=O)c1ccc2c(c1)OCO2. The van der Waals surface area contributed by atoms with Gasteiger partial charge in [-0.3, -0.25) is 4.90 Å². The van der Waals surface area contributed by atoms with Crippen molar-refractivity contribution in [3.63, 3.8) is 0 Å². The summed E-state index contributed by atoms with van der Waals surface area (Å²) in [5, 5.41) is 22.7. The van der Waals surface area contributed by atoms with Gasteiger partial charge in [0.1, 0.15) is 0 Å². The van der Waals surface area contributed by atoms with Crippen LogP contribution in [0.25, 0.3) is 0 Å². The zero-order valence-corrected chi connectivity index (χ0v) is 29.7. The first-order valence-corrected chi connectivity index (χ1v) is 19.8. The molecule has 49 heavy (non-hydrogen) atoms. The molecule has 0 bridgehead atoms. The fourth-order valence-corrected chi connectivity index (χ4v) is 9.02. The molecule has 0 unspecified atom stereocenters. The average Bonchev–Trinajstić information content (AvgIpc) is 3.78. The number of benzene rings is 2. The Morgan fingerprint density at radius 3 is 2.49 bits per heavy atom. The summed E-state index contributed by atoms with van der Waals surface area (Å²) in [6, 6.07) is 11.9. The van der Waals surface area contributed by atoms with Crippen LogP contribution in [0.2, 0.25) is 0 Å². The van der Waals surface area contributed by atoms with Gasteiger partial charge in [-0.25, -0.2) is 26.4 Å². The van der Waals surface area contributed by atoms with Crippen LogP contribution in [0.4, 0.5) is 4.79 Å². The monoisotopic (exact) mass is 725 g/mol. The Kier molecular flexibility index (Phi) is 11.8. The number of hydrogen-bond acceptors (Lipinski definition) is 10. The van der Waals surface area contributed by atoms with E-state index in [1.807, 2.05) is 44.2 Å². The van der Waals surface area contributed by atoms with E-state index in [4.69, 9.17) is 18.9 Å². The Morgan fingerprint density at radius 1 is 1.04 bits per heavy atom. The molecule has 3 heterocycles. The van der Waals surface area contributed by atoms with Gasteiger partial charge in [-0.15, -0.1) is 0 Å². The van der Waals surface area contributed by atoms with Crippen LogP contribution >= 0.6 is 0 Å². The lowest BCUT2D eigenvalue weighted by Gasteiger charge is -2.40. The second-order valence-corrected chi connectivity index (χ2v) is 17.5. The first-order chi connectivity index (χ1) is 23.1. The van der Waals surface area contributed by atoms with E-state index >= 15 is 0 Å². The standard InChI is InChI=1S/C33H47N3O11S2/c1-33(2,14-7-8-15-34-48(3,40)41)21-35(49(42,43)24-11-12-29-30(18-24)47-22-46-29)19-28(37)26(17-23-9-5-4-6-10-23)36(32(38)39)27-20-45-31-25(27)13-16-44-31/h4-6,9-12,18,25-28,31,34,37H,7-8,13-17,19-22H2,1-3H3,(H,38,39)/t25-,26+,27-,28-,31+/m1/s1. The Morgan fingerprint density at radius 2 is 1.78 bits per heavy atom. The molecule has 2 aromatic rings. The number of carboxylic acid groups (broad SMARTS) is 1. The second-order valence-electron chi connectivity index (χ2n) is 13.7. The highest BCUT2D eigenvalue weighted by Crippen LogP contribution is 2.38. The van der Waals surface area contributed by atoms with Crippen molar-refractivity contribution in [3.8, 4) is 11.5 Å². The van der Waals surface area contributed by atoms with Crippen molar-refractivity contribution < 1.29 is 50.8 Å². The normalized spacial score (nSPS) is 21.9. The Balaban J connectivity index is 1.44. The number of carbonyl (C=O) groups is 1. The molecule has 0 aromatic heterocycles. The van der Waals surface area contributed by atoms with Crippen LogP contribution in [0.1, 0.15) is 45.1 Å². The molecule has 2 aromatic carbocycles. The van der Waals surface area contributed by atoms with Crippen molar-refractivity contribution in [3.05, 3.63) is 54.1 Å². The molecule has 1 amide bonds. The summed E-state index contributed by atoms with van der Waals surface area (Å²) in [6.07, 6.45) is 0.352. The molecule has 0 aliphatic carbocycles. The molecular weight excluding hydrogens is 679 g/mol. The number of unbranched alkanes of at least 4 members (excludes halogenated alkanes) is 1. The third-order valence-corrected chi connectivity index (χ3v) is 11.8. The number of aliphatic hydroxyl groups is 1. The van der Waals surface area contributed by atoms with Crippen molar-refractivity contribution in [2.24, 2.45) is 11.3 Å². The van der Waals surface area contributed by atoms with Crippen LogP contribution in [0, 0.1) is 11.3 Å². The number of sulfonamides is 2. The van der Waals surface area contributed by atoms with Gasteiger partial charge in [-0.1, -0.05) is 50.6 Å². The summed E-state index contributed by atoms with van der Waals surface area (Å²) in [4.78, 5) is 14.2. The van der Waals surface area contributed by atoms with Crippen LogP contribution in [-0.4, -0.2) is 113 Å². The predicted molar refractivity (Wildman–Crippen MR) is 179 cm³/mol. The fraction of sp³-hybridized carbons (Fsp3) is 0.606. The van der Waals surface area contributed by atoms with E-state index in [0.717, 1.165) is 11.8 Å². The van der Waals surface area contributed by atoms with Gasteiger partial charge in [0.05, 0.1) is 42.6 Å². The number of rotatable bonds is 17. The van der Waals surface area contributed by atoms with Gasteiger partial charge in [0.15, 0.2) is 17.8 Å². The average molecular weight is 726 g/mol. The third kappa shape index (κ3) is 9.42. The summed E-state index contributed by atoms with van der Waals surface area (Å²) in [5.74, 6) is 0.487. The Hall–Kier alpha value is -2.99. The molecule has 2 saturated heterocycles. The smallest absolute Gasteiger partial charge is 0.407 e. The molecule has 14 nitrogen and oxygen atoms in total. The molecule has 5 rings (SSSR count). The van der Waals surface area contributed by atoms with Gasteiger partial charge >= 0.3 is 6.09 Å². The lowest BCUT2D eigenvalue weighted by molar-refractivity contribution is -0.0906. The van der Waals surface area contributed by atoms with E-state index < -0.39 is 62.6 Å². The Bertz CT molecular complexity index is 1660. The van der Waals surface area contributed by atoms with Gasteiger partial charge in [0.2, 0.25) is 26.8 Å². The van der Waals surface area contributed by atoms with Crippen molar-refractivity contribution in [2.75, 3.05) is 45.9 Å². The van der Waals surface area contributed by atoms with Crippen molar-refractivity contribution in [2.45, 2.75) is 75.3 Å². The van der Waals surface area contributed by atoms with Crippen molar-refractivity contribution in [1.82, 2.24) is 13.9 Å². The highest BCUT2D eigenvalue weighted by Gasteiger charge is 2.49. The minimum absolute atomic E-state index is 0.00343. The van der Waals surface area contributed by atoms with Crippen LogP contribution in [-0.2, 0) is 35.9 Å². The molecule has 0 radical (unpaired) electrons. The summed E-state index contributed by atoms with van der Waals surface area (Å²) in [7, 11) is -7.58. The highest BCUT2D eigenvalue weighted by molar-refractivity contribution is 7.89. The van der Waals surface area contributed by atoms with Crippen LogP contribution in [0.3, 0.4) is 0 Å². The number of nitrogens with one attached hydrogen (secondary N) is 1. The highest BCUT2D eigenvalue weighted by atomic mass is 32.2. The lowest BCUT2D eigenvalue weighted by atomic mass is 9.87. The van der Waals surface area contributed by atoms with E-state index in [2.05, 4.69) is 4.72 Å².